The highest BCUT2D eigenvalue weighted by molar-refractivity contribution is 5.81. The number of carbonyl (C=O) groups excluding carboxylic acids is 2. The van der Waals surface area contributed by atoms with Crippen molar-refractivity contribution >= 4 is 11.9 Å². The summed E-state index contributed by atoms with van der Waals surface area (Å²) in [6, 6.07) is 0. The van der Waals surface area contributed by atoms with Crippen molar-refractivity contribution in [3.63, 3.8) is 0 Å². The zero-order valence-corrected chi connectivity index (χ0v) is 10.5. The Morgan fingerprint density at radius 1 is 1.24 bits per heavy atom. The van der Waals surface area contributed by atoms with Crippen LogP contribution in [0.25, 0.3) is 0 Å². The molecule has 0 N–H and O–H groups in total. The van der Waals surface area contributed by atoms with Crippen molar-refractivity contribution in [2.75, 3.05) is 6.61 Å². The number of esters is 2. The second kappa shape index (κ2) is 7.65. The average Bonchev–Trinajstić information content (AvgIpc) is 2.34. The molecule has 0 saturated carbocycles. The van der Waals surface area contributed by atoms with Crippen molar-refractivity contribution < 1.29 is 19.1 Å². The SMILES string of the molecule is C=CC(=O)OCCCC(C)(CC)OC(=O)C=C. The minimum Gasteiger partial charge on any atom is -0.463 e. The molecular weight excluding hydrogens is 220 g/mol. The summed E-state index contributed by atoms with van der Waals surface area (Å²) in [5, 5.41) is 0. The molecule has 0 aliphatic heterocycles. The lowest BCUT2D eigenvalue weighted by atomic mass is 9.97. The Morgan fingerprint density at radius 3 is 2.29 bits per heavy atom. The summed E-state index contributed by atoms with van der Waals surface area (Å²) in [5.41, 5.74) is -0.536. The third-order valence-corrected chi connectivity index (χ3v) is 2.52. The maximum Gasteiger partial charge on any atom is 0.330 e. The lowest BCUT2D eigenvalue weighted by molar-refractivity contribution is -0.153. The Kier molecular flexibility index (Phi) is 6.94. The van der Waals surface area contributed by atoms with Crippen molar-refractivity contribution in [2.45, 2.75) is 38.7 Å². The number of hydrogen-bond acceptors (Lipinski definition) is 4. The molecule has 0 rings (SSSR count). The quantitative estimate of drug-likeness (QED) is 0.371. The zero-order chi connectivity index (χ0) is 13.3. The zero-order valence-electron chi connectivity index (χ0n) is 10.5. The van der Waals surface area contributed by atoms with Crippen LogP contribution in [0.5, 0.6) is 0 Å². The maximum atomic E-state index is 11.1. The molecule has 0 heterocycles. The van der Waals surface area contributed by atoms with Gasteiger partial charge < -0.3 is 9.47 Å². The first-order chi connectivity index (χ1) is 7.97. The van der Waals surface area contributed by atoms with Crippen molar-refractivity contribution in [1.82, 2.24) is 0 Å². The molecule has 0 radical (unpaired) electrons. The Bertz CT molecular complexity index is 296. The fourth-order valence-corrected chi connectivity index (χ4v) is 1.26. The van der Waals surface area contributed by atoms with E-state index in [-0.39, 0.29) is 0 Å². The van der Waals surface area contributed by atoms with Crippen LogP contribution >= 0.6 is 0 Å². The molecule has 4 nitrogen and oxygen atoms in total. The van der Waals surface area contributed by atoms with Gasteiger partial charge in [0.15, 0.2) is 0 Å². The van der Waals surface area contributed by atoms with Crippen LogP contribution in [0.3, 0.4) is 0 Å². The molecular formula is C13H20O4. The third kappa shape index (κ3) is 6.56. The van der Waals surface area contributed by atoms with Gasteiger partial charge in [0.25, 0.3) is 0 Å². The molecule has 0 aliphatic carbocycles. The molecule has 1 atom stereocenters. The van der Waals surface area contributed by atoms with Gasteiger partial charge >= 0.3 is 11.9 Å². The summed E-state index contributed by atoms with van der Waals surface area (Å²) in [6.07, 6.45) is 4.23. The van der Waals surface area contributed by atoms with Crippen LogP contribution in [-0.4, -0.2) is 24.1 Å². The van der Waals surface area contributed by atoms with Gasteiger partial charge in [0.1, 0.15) is 5.60 Å². The summed E-state index contributed by atoms with van der Waals surface area (Å²) >= 11 is 0. The Labute approximate surface area is 102 Å². The van der Waals surface area contributed by atoms with Gasteiger partial charge in [0.05, 0.1) is 6.61 Å². The molecule has 0 bridgehead atoms. The van der Waals surface area contributed by atoms with Gasteiger partial charge in [-0.25, -0.2) is 9.59 Å². The van der Waals surface area contributed by atoms with E-state index in [1.54, 1.807) is 0 Å². The van der Waals surface area contributed by atoms with Crippen LogP contribution in [0.15, 0.2) is 25.3 Å². The molecule has 17 heavy (non-hydrogen) atoms. The molecule has 0 aromatic carbocycles. The van der Waals surface area contributed by atoms with E-state index in [2.05, 4.69) is 13.2 Å². The van der Waals surface area contributed by atoms with Crippen molar-refractivity contribution in [3.8, 4) is 0 Å². The van der Waals surface area contributed by atoms with Crippen molar-refractivity contribution in [3.05, 3.63) is 25.3 Å². The molecule has 1 unspecified atom stereocenters. The molecule has 0 amide bonds. The minimum atomic E-state index is -0.536. The van der Waals surface area contributed by atoms with Gasteiger partial charge in [-0.05, 0) is 26.2 Å². The summed E-state index contributed by atoms with van der Waals surface area (Å²) in [7, 11) is 0. The van der Waals surface area contributed by atoms with Crippen LogP contribution in [0.1, 0.15) is 33.1 Å². The smallest absolute Gasteiger partial charge is 0.330 e. The van der Waals surface area contributed by atoms with E-state index in [1.165, 1.54) is 0 Å². The number of rotatable bonds is 8. The Hall–Kier alpha value is -1.58. The summed E-state index contributed by atoms with van der Waals surface area (Å²) in [4.78, 5) is 21.9. The first-order valence-electron chi connectivity index (χ1n) is 5.62. The second-order valence-electron chi connectivity index (χ2n) is 3.90. The highest BCUT2D eigenvalue weighted by atomic mass is 16.6. The Morgan fingerprint density at radius 2 is 1.82 bits per heavy atom. The first kappa shape index (κ1) is 15.4. The molecule has 0 aliphatic rings. The molecule has 96 valence electrons. The molecule has 0 saturated heterocycles. The normalized spacial score (nSPS) is 13.3. The third-order valence-electron chi connectivity index (χ3n) is 2.52. The highest BCUT2D eigenvalue weighted by Crippen LogP contribution is 2.22. The average molecular weight is 240 g/mol. The van der Waals surface area contributed by atoms with E-state index < -0.39 is 17.5 Å². The summed E-state index contributed by atoms with van der Waals surface area (Å²) < 4.78 is 10.1. The molecule has 0 aromatic heterocycles. The predicted octanol–water partition coefficient (Wildman–Crippen LogP) is 2.39. The van der Waals surface area contributed by atoms with Gasteiger partial charge in [-0.3, -0.25) is 0 Å². The van der Waals surface area contributed by atoms with Crippen LogP contribution in [0, 0.1) is 0 Å². The van der Waals surface area contributed by atoms with Gasteiger partial charge in [0.2, 0.25) is 0 Å². The fourth-order valence-electron chi connectivity index (χ4n) is 1.26. The molecule has 0 spiro atoms. The standard InChI is InChI=1S/C13H20O4/c1-5-11(14)16-10-8-9-13(4,7-3)17-12(15)6-2/h5-6H,1-2,7-10H2,3-4H3. The van der Waals surface area contributed by atoms with Crippen molar-refractivity contribution in [2.24, 2.45) is 0 Å². The van der Waals surface area contributed by atoms with Crippen LogP contribution < -0.4 is 0 Å². The van der Waals surface area contributed by atoms with Gasteiger partial charge in [0, 0.05) is 12.2 Å². The largest absolute Gasteiger partial charge is 0.463 e. The second-order valence-corrected chi connectivity index (χ2v) is 3.90. The summed E-state index contributed by atoms with van der Waals surface area (Å²) in [5.74, 6) is -0.872. The van der Waals surface area contributed by atoms with E-state index in [0.717, 1.165) is 12.2 Å². The Balaban J connectivity index is 4.03. The van der Waals surface area contributed by atoms with E-state index in [1.807, 2.05) is 13.8 Å². The van der Waals surface area contributed by atoms with E-state index in [9.17, 15) is 9.59 Å². The minimum absolute atomic E-state index is 0.298. The number of hydrogen-bond donors (Lipinski definition) is 0. The van der Waals surface area contributed by atoms with Crippen LogP contribution in [0.4, 0.5) is 0 Å². The lowest BCUT2D eigenvalue weighted by Crippen LogP contribution is -2.30. The predicted molar refractivity (Wildman–Crippen MR) is 65.4 cm³/mol. The van der Waals surface area contributed by atoms with Crippen molar-refractivity contribution in [1.29, 1.82) is 0 Å². The first-order valence-corrected chi connectivity index (χ1v) is 5.62. The van der Waals surface area contributed by atoms with Gasteiger partial charge in [-0.2, -0.15) is 0 Å². The van der Waals surface area contributed by atoms with E-state index in [0.29, 0.717) is 25.9 Å². The topological polar surface area (TPSA) is 52.6 Å². The number of ether oxygens (including phenoxy) is 2. The number of carbonyl (C=O) groups is 2. The monoisotopic (exact) mass is 240 g/mol. The van der Waals surface area contributed by atoms with Gasteiger partial charge in [-0.15, -0.1) is 0 Å². The van der Waals surface area contributed by atoms with Gasteiger partial charge in [-0.1, -0.05) is 20.1 Å². The molecule has 4 heteroatoms. The molecule has 0 aromatic rings. The lowest BCUT2D eigenvalue weighted by Gasteiger charge is -2.27. The van der Waals surface area contributed by atoms with Crippen LogP contribution in [-0.2, 0) is 19.1 Å². The highest BCUT2D eigenvalue weighted by Gasteiger charge is 2.25. The summed E-state index contributed by atoms with van der Waals surface area (Å²) in [6.45, 7) is 10.7. The van der Waals surface area contributed by atoms with E-state index >= 15 is 0 Å². The fraction of sp³-hybridized carbons (Fsp3) is 0.538. The maximum absolute atomic E-state index is 11.1. The van der Waals surface area contributed by atoms with E-state index in [4.69, 9.17) is 9.47 Å². The van der Waals surface area contributed by atoms with Crippen LogP contribution in [0.2, 0.25) is 0 Å². The molecule has 0 fully saturated rings.